The molecular formula is C6H15NOS. The van der Waals surface area contributed by atoms with Crippen LogP contribution in [0.15, 0.2) is 0 Å². The molecular weight excluding hydrogens is 134 g/mol. The third kappa shape index (κ3) is 5.99. The van der Waals surface area contributed by atoms with Crippen molar-refractivity contribution >= 4 is 10.8 Å². The Hall–Kier alpha value is 0.110. The predicted octanol–water partition coefficient (Wildman–Crippen LogP) is 0.492. The van der Waals surface area contributed by atoms with Gasteiger partial charge in [0.1, 0.15) is 0 Å². The molecule has 0 aliphatic rings. The Kier molecular flexibility index (Phi) is 5.00. The van der Waals surface area contributed by atoms with Crippen molar-refractivity contribution in [2.45, 2.75) is 26.3 Å². The van der Waals surface area contributed by atoms with Gasteiger partial charge in [-0.05, 0) is 13.3 Å². The minimum Gasteiger partial charge on any atom is -0.328 e. The minimum absolute atomic E-state index is 0.195. The highest BCUT2D eigenvalue weighted by molar-refractivity contribution is 7.84. The summed E-state index contributed by atoms with van der Waals surface area (Å²) in [5.74, 6) is 1.51. The SMILES string of the molecule is CCS(=O)CCC(C)N. The topological polar surface area (TPSA) is 43.1 Å². The molecule has 2 nitrogen and oxygen atoms in total. The van der Waals surface area contributed by atoms with Gasteiger partial charge in [-0.1, -0.05) is 6.92 Å². The standard InChI is InChI=1S/C6H15NOS/c1-3-9(8)5-4-6(2)7/h6H,3-5,7H2,1-2H3. The van der Waals surface area contributed by atoms with Crippen LogP contribution >= 0.6 is 0 Å². The van der Waals surface area contributed by atoms with E-state index in [2.05, 4.69) is 0 Å². The largest absolute Gasteiger partial charge is 0.328 e. The molecule has 0 heterocycles. The highest BCUT2D eigenvalue weighted by Crippen LogP contribution is 1.90. The van der Waals surface area contributed by atoms with Crippen molar-refractivity contribution in [3.63, 3.8) is 0 Å². The average molecular weight is 149 g/mol. The quantitative estimate of drug-likeness (QED) is 0.632. The van der Waals surface area contributed by atoms with Crippen molar-refractivity contribution in [1.29, 1.82) is 0 Å². The molecule has 0 rings (SSSR count). The number of hydrogen-bond donors (Lipinski definition) is 1. The van der Waals surface area contributed by atoms with E-state index in [0.29, 0.717) is 0 Å². The van der Waals surface area contributed by atoms with E-state index in [4.69, 9.17) is 5.73 Å². The van der Waals surface area contributed by atoms with Crippen LogP contribution in [0.2, 0.25) is 0 Å². The van der Waals surface area contributed by atoms with Crippen LogP contribution in [0, 0.1) is 0 Å². The van der Waals surface area contributed by atoms with Gasteiger partial charge in [-0.25, -0.2) is 0 Å². The van der Waals surface area contributed by atoms with Crippen LogP contribution in [0.25, 0.3) is 0 Å². The molecule has 0 spiro atoms. The van der Waals surface area contributed by atoms with E-state index in [1.54, 1.807) is 0 Å². The first-order chi connectivity index (χ1) is 4.16. The van der Waals surface area contributed by atoms with Crippen LogP contribution in [-0.2, 0) is 10.8 Å². The molecule has 0 radical (unpaired) electrons. The third-order valence-electron chi connectivity index (χ3n) is 1.12. The minimum atomic E-state index is -0.628. The summed E-state index contributed by atoms with van der Waals surface area (Å²) in [6, 6.07) is 0.195. The van der Waals surface area contributed by atoms with Crippen molar-refractivity contribution in [3.05, 3.63) is 0 Å². The van der Waals surface area contributed by atoms with Crippen molar-refractivity contribution in [2.75, 3.05) is 11.5 Å². The van der Waals surface area contributed by atoms with Gasteiger partial charge in [-0.3, -0.25) is 4.21 Å². The molecule has 0 fully saturated rings. The first-order valence-corrected chi connectivity index (χ1v) is 4.76. The van der Waals surface area contributed by atoms with E-state index >= 15 is 0 Å². The van der Waals surface area contributed by atoms with Crippen LogP contribution < -0.4 is 5.73 Å². The second-order valence-corrected chi connectivity index (χ2v) is 4.06. The molecule has 9 heavy (non-hydrogen) atoms. The summed E-state index contributed by atoms with van der Waals surface area (Å²) >= 11 is 0. The third-order valence-corrected chi connectivity index (χ3v) is 2.46. The summed E-state index contributed by atoms with van der Waals surface area (Å²) in [7, 11) is -0.628. The van der Waals surface area contributed by atoms with Gasteiger partial charge >= 0.3 is 0 Å². The molecule has 0 aromatic carbocycles. The summed E-state index contributed by atoms with van der Waals surface area (Å²) < 4.78 is 10.8. The lowest BCUT2D eigenvalue weighted by atomic mass is 10.3. The van der Waals surface area contributed by atoms with Crippen molar-refractivity contribution < 1.29 is 4.21 Å². The Labute approximate surface area is 59.3 Å². The van der Waals surface area contributed by atoms with Crippen LogP contribution in [0.1, 0.15) is 20.3 Å². The molecule has 2 unspecified atom stereocenters. The van der Waals surface area contributed by atoms with Crippen LogP contribution in [0.5, 0.6) is 0 Å². The first-order valence-electron chi connectivity index (χ1n) is 3.27. The van der Waals surface area contributed by atoms with Gasteiger partial charge in [0, 0.05) is 28.3 Å². The normalized spacial score (nSPS) is 17.2. The molecule has 0 aliphatic heterocycles. The van der Waals surface area contributed by atoms with Gasteiger partial charge < -0.3 is 5.73 Å². The highest BCUT2D eigenvalue weighted by atomic mass is 32.2. The van der Waals surface area contributed by atoms with Gasteiger partial charge in [-0.2, -0.15) is 0 Å². The summed E-state index contributed by atoms with van der Waals surface area (Å²) in [5, 5.41) is 0. The molecule has 0 saturated heterocycles. The Morgan fingerprint density at radius 1 is 1.67 bits per heavy atom. The summed E-state index contributed by atoms with van der Waals surface area (Å²) in [6.45, 7) is 3.87. The molecule has 0 aromatic rings. The fourth-order valence-electron chi connectivity index (χ4n) is 0.462. The molecule has 0 saturated carbocycles. The van der Waals surface area contributed by atoms with Gasteiger partial charge in [0.05, 0.1) is 0 Å². The molecule has 3 heteroatoms. The summed E-state index contributed by atoms with van der Waals surface area (Å²) in [5.41, 5.74) is 5.46. The van der Waals surface area contributed by atoms with Crippen molar-refractivity contribution in [2.24, 2.45) is 5.73 Å². The Morgan fingerprint density at radius 2 is 2.22 bits per heavy atom. The van der Waals surface area contributed by atoms with E-state index in [1.807, 2.05) is 13.8 Å². The zero-order valence-corrected chi connectivity index (χ0v) is 6.91. The highest BCUT2D eigenvalue weighted by Gasteiger charge is 1.97. The van der Waals surface area contributed by atoms with Gasteiger partial charge in [0.2, 0.25) is 0 Å². The summed E-state index contributed by atoms with van der Waals surface area (Å²) in [6.07, 6.45) is 0.875. The van der Waals surface area contributed by atoms with Crippen LogP contribution in [-0.4, -0.2) is 21.8 Å². The lowest BCUT2D eigenvalue weighted by molar-refractivity contribution is 0.668. The first kappa shape index (κ1) is 9.11. The summed E-state index contributed by atoms with van der Waals surface area (Å²) in [4.78, 5) is 0. The molecule has 2 N–H and O–H groups in total. The Morgan fingerprint density at radius 3 is 2.56 bits per heavy atom. The fourth-order valence-corrected chi connectivity index (χ4v) is 1.39. The van der Waals surface area contributed by atoms with Gasteiger partial charge in [0.25, 0.3) is 0 Å². The zero-order valence-electron chi connectivity index (χ0n) is 6.09. The molecule has 0 amide bonds. The van der Waals surface area contributed by atoms with Crippen LogP contribution in [0.3, 0.4) is 0 Å². The molecule has 0 bridgehead atoms. The van der Waals surface area contributed by atoms with E-state index < -0.39 is 10.8 Å². The van der Waals surface area contributed by atoms with E-state index in [9.17, 15) is 4.21 Å². The molecule has 2 atom stereocenters. The van der Waals surface area contributed by atoms with Crippen molar-refractivity contribution in [1.82, 2.24) is 0 Å². The van der Waals surface area contributed by atoms with E-state index in [0.717, 1.165) is 17.9 Å². The zero-order chi connectivity index (χ0) is 7.28. The second-order valence-electron chi connectivity index (χ2n) is 2.20. The lowest BCUT2D eigenvalue weighted by Gasteiger charge is -2.01. The smallest absolute Gasteiger partial charge is 0.0249 e. The number of rotatable bonds is 4. The monoisotopic (exact) mass is 149 g/mol. The lowest BCUT2D eigenvalue weighted by Crippen LogP contribution is -2.18. The number of nitrogens with two attached hydrogens (primary N) is 1. The maximum absolute atomic E-state index is 10.8. The Bertz CT molecular complexity index is 93.1. The van der Waals surface area contributed by atoms with E-state index in [-0.39, 0.29) is 6.04 Å². The van der Waals surface area contributed by atoms with Gasteiger partial charge in [-0.15, -0.1) is 0 Å². The molecule has 0 aromatic heterocycles. The van der Waals surface area contributed by atoms with Gasteiger partial charge in [0.15, 0.2) is 0 Å². The van der Waals surface area contributed by atoms with E-state index in [1.165, 1.54) is 0 Å². The average Bonchev–Trinajstić information content (AvgIpc) is 1.83. The van der Waals surface area contributed by atoms with Crippen LogP contribution in [0.4, 0.5) is 0 Å². The molecule has 56 valence electrons. The van der Waals surface area contributed by atoms with Crippen molar-refractivity contribution in [3.8, 4) is 0 Å². The predicted molar refractivity (Wildman–Crippen MR) is 41.8 cm³/mol. The Balaban J connectivity index is 3.17. The molecule has 0 aliphatic carbocycles. The maximum atomic E-state index is 10.8. The second kappa shape index (κ2) is 4.94. The number of hydrogen-bond acceptors (Lipinski definition) is 2. The maximum Gasteiger partial charge on any atom is 0.0249 e. The fraction of sp³-hybridized carbons (Fsp3) is 1.00.